The molecule has 0 N–H and O–H groups in total. The van der Waals surface area contributed by atoms with Crippen LogP contribution in [0, 0.1) is 6.92 Å². The predicted molar refractivity (Wildman–Crippen MR) is 49.9 cm³/mol. The number of aryl methyl sites for hydroxylation is 1. The van der Waals surface area contributed by atoms with Crippen molar-refractivity contribution in [3.63, 3.8) is 0 Å². The lowest BCUT2D eigenvalue weighted by atomic mass is 10.3. The fraction of sp³-hybridized carbons (Fsp3) is 0.143. The third-order valence-electron chi connectivity index (χ3n) is 1.56. The highest BCUT2D eigenvalue weighted by Gasteiger charge is 2.05. The van der Waals surface area contributed by atoms with Crippen LogP contribution in [-0.4, -0.2) is 9.97 Å². The normalized spacial score (nSPS) is 10.7. The number of thiophene rings is 1. The molecule has 2 aromatic heterocycles. The van der Waals surface area contributed by atoms with Crippen molar-refractivity contribution < 1.29 is 0 Å². The monoisotopic (exact) mass is 228 g/mol. The van der Waals surface area contributed by atoms with E-state index in [1.165, 1.54) is 5.56 Å². The number of aromatic nitrogens is 2. The molecule has 0 aliphatic carbocycles. The second-order valence-electron chi connectivity index (χ2n) is 2.24. The first-order chi connectivity index (χ1) is 5.29. The predicted octanol–water partition coefficient (Wildman–Crippen LogP) is 2.76. The van der Waals surface area contributed by atoms with Gasteiger partial charge in [0.2, 0.25) is 0 Å². The van der Waals surface area contributed by atoms with E-state index in [1.54, 1.807) is 17.7 Å². The molecule has 11 heavy (non-hydrogen) atoms. The molecule has 2 heterocycles. The van der Waals surface area contributed by atoms with Gasteiger partial charge in [0.05, 0.1) is 3.79 Å². The Morgan fingerprint density at radius 3 is 3.09 bits per heavy atom. The van der Waals surface area contributed by atoms with Gasteiger partial charge in [0.1, 0.15) is 11.2 Å². The van der Waals surface area contributed by atoms with Gasteiger partial charge in [-0.1, -0.05) is 0 Å². The maximum Gasteiger partial charge on any atom is 0.128 e. The van der Waals surface area contributed by atoms with E-state index in [-0.39, 0.29) is 0 Å². The average molecular weight is 229 g/mol. The molecule has 0 saturated heterocycles. The van der Waals surface area contributed by atoms with E-state index in [1.807, 2.05) is 6.20 Å². The molecule has 0 aliphatic heterocycles. The van der Waals surface area contributed by atoms with E-state index < -0.39 is 0 Å². The number of nitrogens with zero attached hydrogens (tertiary/aromatic N) is 2. The zero-order valence-electron chi connectivity index (χ0n) is 5.84. The summed E-state index contributed by atoms with van der Waals surface area (Å²) in [5, 5.41) is 1.14. The van der Waals surface area contributed by atoms with Crippen LogP contribution in [0.4, 0.5) is 0 Å². The smallest absolute Gasteiger partial charge is 0.128 e. The van der Waals surface area contributed by atoms with Crippen molar-refractivity contribution in [1.29, 1.82) is 0 Å². The Bertz CT molecular complexity index is 396. The van der Waals surface area contributed by atoms with Gasteiger partial charge in [-0.05, 0) is 28.4 Å². The van der Waals surface area contributed by atoms with Gasteiger partial charge >= 0.3 is 0 Å². The summed E-state index contributed by atoms with van der Waals surface area (Å²) < 4.78 is 1.15. The van der Waals surface area contributed by atoms with Crippen molar-refractivity contribution in [1.82, 2.24) is 9.97 Å². The van der Waals surface area contributed by atoms with Crippen LogP contribution in [0.5, 0.6) is 0 Å². The van der Waals surface area contributed by atoms with E-state index in [9.17, 15) is 0 Å². The fourth-order valence-corrected chi connectivity index (χ4v) is 2.45. The van der Waals surface area contributed by atoms with Gasteiger partial charge in [0.25, 0.3) is 0 Å². The summed E-state index contributed by atoms with van der Waals surface area (Å²) in [6.45, 7) is 2.06. The van der Waals surface area contributed by atoms with Crippen molar-refractivity contribution in [2.45, 2.75) is 6.92 Å². The maximum absolute atomic E-state index is 4.14. The van der Waals surface area contributed by atoms with E-state index in [4.69, 9.17) is 0 Å². The van der Waals surface area contributed by atoms with Crippen molar-refractivity contribution in [3.8, 4) is 0 Å². The summed E-state index contributed by atoms with van der Waals surface area (Å²) in [6.07, 6.45) is 3.42. The minimum Gasteiger partial charge on any atom is -0.244 e. The Kier molecular flexibility index (Phi) is 1.65. The number of halogens is 1. The second-order valence-corrected chi connectivity index (χ2v) is 4.56. The minimum atomic E-state index is 1.05. The topological polar surface area (TPSA) is 25.8 Å². The second kappa shape index (κ2) is 2.53. The maximum atomic E-state index is 4.14. The first kappa shape index (κ1) is 7.18. The highest BCUT2D eigenvalue weighted by molar-refractivity contribution is 9.11. The van der Waals surface area contributed by atoms with Crippen LogP contribution in [0.1, 0.15) is 5.56 Å². The van der Waals surface area contributed by atoms with Gasteiger partial charge in [0, 0.05) is 11.6 Å². The summed E-state index contributed by atoms with van der Waals surface area (Å²) in [7, 11) is 0. The molecule has 4 heteroatoms. The quantitative estimate of drug-likeness (QED) is 0.694. The summed E-state index contributed by atoms with van der Waals surface area (Å²) in [4.78, 5) is 9.15. The van der Waals surface area contributed by atoms with Crippen LogP contribution < -0.4 is 0 Å². The van der Waals surface area contributed by atoms with Gasteiger partial charge in [-0.3, -0.25) is 0 Å². The summed E-state index contributed by atoms with van der Waals surface area (Å²) in [5.41, 5.74) is 1.23. The molecule has 0 aliphatic rings. The first-order valence-corrected chi connectivity index (χ1v) is 4.74. The molecular formula is C7H5BrN2S. The lowest BCUT2D eigenvalue weighted by Gasteiger charge is -1.86. The SMILES string of the molecule is Cc1c(Br)sc2ncncc12. The standard InChI is InChI=1S/C7H5BrN2S/c1-4-5-2-9-3-10-7(5)11-6(4)8/h2-3H,1H3. The third-order valence-corrected chi connectivity index (χ3v) is 3.65. The Balaban J connectivity index is 2.92. The average Bonchev–Trinajstić information content (AvgIpc) is 2.30. The molecule has 0 aromatic carbocycles. The minimum absolute atomic E-state index is 1.05. The number of rotatable bonds is 0. The number of hydrogen-bond acceptors (Lipinski definition) is 3. The van der Waals surface area contributed by atoms with Crippen LogP contribution in [0.15, 0.2) is 16.3 Å². The lowest BCUT2D eigenvalue weighted by Crippen LogP contribution is -1.75. The van der Waals surface area contributed by atoms with E-state index in [0.717, 1.165) is 14.0 Å². The molecular weight excluding hydrogens is 224 g/mol. The highest BCUT2D eigenvalue weighted by Crippen LogP contribution is 2.32. The van der Waals surface area contributed by atoms with Gasteiger partial charge in [-0.2, -0.15) is 0 Å². The number of hydrogen-bond donors (Lipinski definition) is 0. The van der Waals surface area contributed by atoms with Gasteiger partial charge in [-0.15, -0.1) is 11.3 Å². The molecule has 0 radical (unpaired) electrons. The zero-order chi connectivity index (χ0) is 7.84. The Labute approximate surface area is 76.4 Å². The van der Waals surface area contributed by atoms with Gasteiger partial charge in [0.15, 0.2) is 0 Å². The van der Waals surface area contributed by atoms with Crippen molar-refractivity contribution in [2.75, 3.05) is 0 Å². The Morgan fingerprint density at radius 2 is 2.36 bits per heavy atom. The molecule has 2 rings (SSSR count). The van der Waals surface area contributed by atoms with Gasteiger partial charge in [-0.25, -0.2) is 9.97 Å². The van der Waals surface area contributed by atoms with Crippen molar-refractivity contribution >= 4 is 37.5 Å². The largest absolute Gasteiger partial charge is 0.244 e. The molecule has 2 aromatic rings. The first-order valence-electron chi connectivity index (χ1n) is 3.13. The van der Waals surface area contributed by atoms with Crippen LogP contribution in [0.2, 0.25) is 0 Å². The molecule has 0 amide bonds. The molecule has 0 saturated carbocycles. The van der Waals surface area contributed by atoms with Crippen LogP contribution in [-0.2, 0) is 0 Å². The van der Waals surface area contributed by atoms with Crippen LogP contribution in [0.3, 0.4) is 0 Å². The van der Waals surface area contributed by atoms with Crippen molar-refractivity contribution in [2.24, 2.45) is 0 Å². The molecule has 0 bridgehead atoms. The van der Waals surface area contributed by atoms with Gasteiger partial charge < -0.3 is 0 Å². The molecule has 0 atom stereocenters. The lowest BCUT2D eigenvalue weighted by molar-refractivity contribution is 1.23. The van der Waals surface area contributed by atoms with Crippen molar-refractivity contribution in [3.05, 3.63) is 21.9 Å². The summed E-state index contributed by atoms with van der Waals surface area (Å²) in [5.74, 6) is 0. The number of fused-ring (bicyclic) bond motifs is 1. The third kappa shape index (κ3) is 1.06. The molecule has 0 spiro atoms. The van der Waals surface area contributed by atoms with Crippen LogP contribution in [0.25, 0.3) is 10.2 Å². The Hall–Kier alpha value is -0.480. The van der Waals surface area contributed by atoms with E-state index in [2.05, 4.69) is 32.8 Å². The molecule has 2 nitrogen and oxygen atoms in total. The molecule has 0 unspecified atom stereocenters. The summed E-state index contributed by atoms with van der Waals surface area (Å²) in [6, 6.07) is 0. The van der Waals surface area contributed by atoms with E-state index in [0.29, 0.717) is 0 Å². The summed E-state index contributed by atoms with van der Waals surface area (Å²) >= 11 is 5.10. The highest BCUT2D eigenvalue weighted by atomic mass is 79.9. The molecule has 56 valence electrons. The molecule has 0 fully saturated rings. The zero-order valence-corrected chi connectivity index (χ0v) is 8.24. The van der Waals surface area contributed by atoms with E-state index >= 15 is 0 Å². The Morgan fingerprint density at radius 1 is 1.55 bits per heavy atom. The fourth-order valence-electron chi connectivity index (χ4n) is 0.924. The van der Waals surface area contributed by atoms with Crippen LogP contribution >= 0.6 is 27.3 Å².